The molecule has 6 nitrogen and oxygen atoms in total. The number of ether oxygens (including phenoxy) is 3. The standard InChI is InChI=1S/C24H24N2O4/c1-28-21-8-5-18(6-9-21)15-24(27)26(13-11-20-4-2-3-12-25-20)16-19-7-10-22-23(14-19)30-17-29-22/h2-10,12,14H,11,13,15-17H2,1H3. The minimum Gasteiger partial charge on any atom is -0.497 e. The van der Waals surface area contributed by atoms with Gasteiger partial charge in [-0.1, -0.05) is 24.3 Å². The molecule has 30 heavy (non-hydrogen) atoms. The van der Waals surface area contributed by atoms with E-state index in [0.717, 1.165) is 34.1 Å². The van der Waals surface area contributed by atoms with Crippen LogP contribution < -0.4 is 14.2 Å². The second-order valence-corrected chi connectivity index (χ2v) is 7.10. The third-order valence-electron chi connectivity index (χ3n) is 5.04. The molecule has 0 bridgehead atoms. The van der Waals surface area contributed by atoms with Gasteiger partial charge in [0.1, 0.15) is 5.75 Å². The van der Waals surface area contributed by atoms with E-state index in [0.29, 0.717) is 25.9 Å². The molecule has 0 saturated carbocycles. The number of carbonyl (C=O) groups excluding carboxylic acids is 1. The summed E-state index contributed by atoms with van der Waals surface area (Å²) >= 11 is 0. The predicted octanol–water partition coefficient (Wildman–Crippen LogP) is 3.63. The summed E-state index contributed by atoms with van der Waals surface area (Å²) < 4.78 is 16.1. The van der Waals surface area contributed by atoms with Crippen LogP contribution in [0.3, 0.4) is 0 Å². The molecule has 2 heterocycles. The lowest BCUT2D eigenvalue weighted by Gasteiger charge is -2.23. The first kappa shape index (κ1) is 19.8. The Morgan fingerprint density at radius 3 is 2.60 bits per heavy atom. The minimum absolute atomic E-state index is 0.0637. The van der Waals surface area contributed by atoms with Crippen LogP contribution in [-0.2, 0) is 24.2 Å². The van der Waals surface area contributed by atoms with E-state index in [-0.39, 0.29) is 12.7 Å². The second kappa shape index (κ2) is 9.31. The summed E-state index contributed by atoms with van der Waals surface area (Å²) in [6.45, 7) is 1.32. The SMILES string of the molecule is COc1ccc(CC(=O)N(CCc2ccccn2)Cc2ccc3c(c2)OCO3)cc1. The molecule has 154 valence electrons. The van der Waals surface area contributed by atoms with Gasteiger partial charge < -0.3 is 19.1 Å². The molecule has 6 heteroatoms. The molecular weight excluding hydrogens is 380 g/mol. The first-order chi connectivity index (χ1) is 14.7. The van der Waals surface area contributed by atoms with Gasteiger partial charge in [0.15, 0.2) is 11.5 Å². The highest BCUT2D eigenvalue weighted by atomic mass is 16.7. The van der Waals surface area contributed by atoms with Gasteiger partial charge in [0.2, 0.25) is 12.7 Å². The number of methoxy groups -OCH3 is 1. The van der Waals surface area contributed by atoms with Crippen molar-refractivity contribution in [1.29, 1.82) is 0 Å². The Balaban J connectivity index is 1.48. The molecule has 3 aromatic rings. The van der Waals surface area contributed by atoms with E-state index in [1.165, 1.54) is 0 Å². The van der Waals surface area contributed by atoms with Crippen molar-refractivity contribution in [3.8, 4) is 17.2 Å². The lowest BCUT2D eigenvalue weighted by molar-refractivity contribution is -0.131. The van der Waals surface area contributed by atoms with Crippen LogP contribution in [0.4, 0.5) is 0 Å². The number of aromatic nitrogens is 1. The third-order valence-corrected chi connectivity index (χ3v) is 5.04. The van der Waals surface area contributed by atoms with Crippen molar-refractivity contribution in [3.63, 3.8) is 0 Å². The number of fused-ring (bicyclic) bond motifs is 1. The van der Waals surface area contributed by atoms with Crippen molar-refractivity contribution in [2.24, 2.45) is 0 Å². The first-order valence-electron chi connectivity index (χ1n) is 9.90. The molecule has 0 unspecified atom stereocenters. The number of pyridine rings is 1. The topological polar surface area (TPSA) is 60.9 Å². The number of nitrogens with zero attached hydrogens (tertiary/aromatic N) is 2. The summed E-state index contributed by atoms with van der Waals surface area (Å²) in [5.74, 6) is 2.30. The van der Waals surface area contributed by atoms with Gasteiger partial charge in [0.25, 0.3) is 0 Å². The monoisotopic (exact) mass is 404 g/mol. The minimum atomic E-state index is 0.0637. The van der Waals surface area contributed by atoms with E-state index in [1.54, 1.807) is 13.3 Å². The fraction of sp³-hybridized carbons (Fsp3) is 0.250. The maximum Gasteiger partial charge on any atom is 0.231 e. The Bertz CT molecular complexity index is 990. The molecule has 4 rings (SSSR count). The van der Waals surface area contributed by atoms with Gasteiger partial charge in [-0.2, -0.15) is 0 Å². The maximum atomic E-state index is 13.1. The molecule has 1 aromatic heterocycles. The highest BCUT2D eigenvalue weighted by Gasteiger charge is 2.18. The molecule has 2 aromatic carbocycles. The molecule has 1 amide bonds. The third kappa shape index (κ3) is 4.89. The highest BCUT2D eigenvalue weighted by molar-refractivity contribution is 5.79. The van der Waals surface area contributed by atoms with Crippen LogP contribution in [-0.4, -0.2) is 36.2 Å². The Morgan fingerprint density at radius 2 is 1.83 bits per heavy atom. The van der Waals surface area contributed by atoms with Crippen LogP contribution in [0.1, 0.15) is 16.8 Å². The van der Waals surface area contributed by atoms with Crippen LogP contribution in [0, 0.1) is 0 Å². The quantitative estimate of drug-likeness (QED) is 0.574. The van der Waals surface area contributed by atoms with Crippen LogP contribution in [0.5, 0.6) is 17.2 Å². The van der Waals surface area contributed by atoms with Gasteiger partial charge in [-0.3, -0.25) is 9.78 Å². The summed E-state index contributed by atoms with van der Waals surface area (Å²) in [5, 5.41) is 0. The van der Waals surface area contributed by atoms with Gasteiger partial charge in [0, 0.05) is 31.4 Å². The smallest absolute Gasteiger partial charge is 0.231 e. The molecule has 1 aliphatic rings. The van der Waals surface area contributed by atoms with Crippen molar-refractivity contribution in [2.75, 3.05) is 20.4 Å². The highest BCUT2D eigenvalue weighted by Crippen LogP contribution is 2.32. The van der Waals surface area contributed by atoms with Gasteiger partial charge in [-0.15, -0.1) is 0 Å². The molecule has 0 spiro atoms. The van der Waals surface area contributed by atoms with Crippen LogP contribution in [0.25, 0.3) is 0 Å². The number of benzene rings is 2. The zero-order valence-corrected chi connectivity index (χ0v) is 16.9. The zero-order valence-electron chi connectivity index (χ0n) is 16.9. The fourth-order valence-electron chi connectivity index (χ4n) is 3.38. The Morgan fingerprint density at radius 1 is 1.03 bits per heavy atom. The summed E-state index contributed by atoms with van der Waals surface area (Å²) in [7, 11) is 1.63. The van der Waals surface area contributed by atoms with Crippen molar-refractivity contribution in [3.05, 3.63) is 83.7 Å². The van der Waals surface area contributed by atoms with Crippen molar-refractivity contribution >= 4 is 5.91 Å². The van der Waals surface area contributed by atoms with Crippen LogP contribution >= 0.6 is 0 Å². The Labute approximate surface area is 176 Å². The average Bonchev–Trinajstić information content (AvgIpc) is 3.25. The van der Waals surface area contributed by atoms with Crippen LogP contribution in [0.2, 0.25) is 0 Å². The van der Waals surface area contributed by atoms with Gasteiger partial charge in [0.05, 0.1) is 13.5 Å². The summed E-state index contributed by atoms with van der Waals surface area (Å²) in [5.41, 5.74) is 2.92. The summed E-state index contributed by atoms with van der Waals surface area (Å²) in [6.07, 6.45) is 2.80. The van der Waals surface area contributed by atoms with Crippen LogP contribution in [0.15, 0.2) is 66.9 Å². The molecule has 0 atom stereocenters. The fourth-order valence-corrected chi connectivity index (χ4v) is 3.38. The van der Waals surface area contributed by atoms with Gasteiger partial charge in [-0.25, -0.2) is 0 Å². The molecule has 0 N–H and O–H groups in total. The Hall–Kier alpha value is -3.54. The van der Waals surface area contributed by atoms with E-state index >= 15 is 0 Å². The number of rotatable bonds is 8. The van der Waals surface area contributed by atoms with Crippen molar-refractivity contribution < 1.29 is 19.0 Å². The number of hydrogen-bond acceptors (Lipinski definition) is 5. The predicted molar refractivity (Wildman–Crippen MR) is 113 cm³/mol. The van der Waals surface area contributed by atoms with Gasteiger partial charge >= 0.3 is 0 Å². The van der Waals surface area contributed by atoms with E-state index < -0.39 is 0 Å². The molecule has 0 saturated heterocycles. The molecular formula is C24H24N2O4. The lowest BCUT2D eigenvalue weighted by Crippen LogP contribution is -2.33. The molecule has 0 radical (unpaired) electrons. The summed E-state index contributed by atoms with van der Waals surface area (Å²) in [4.78, 5) is 19.4. The normalized spacial score (nSPS) is 11.9. The molecule has 0 aliphatic carbocycles. The largest absolute Gasteiger partial charge is 0.497 e. The van der Waals surface area contributed by atoms with Gasteiger partial charge in [-0.05, 0) is 47.5 Å². The molecule has 1 aliphatic heterocycles. The van der Waals surface area contributed by atoms with E-state index in [2.05, 4.69) is 4.98 Å². The number of hydrogen-bond donors (Lipinski definition) is 0. The maximum absolute atomic E-state index is 13.1. The van der Waals surface area contributed by atoms with E-state index in [1.807, 2.05) is 65.6 Å². The van der Waals surface area contributed by atoms with E-state index in [9.17, 15) is 4.79 Å². The zero-order chi connectivity index (χ0) is 20.8. The number of amides is 1. The lowest BCUT2D eigenvalue weighted by atomic mass is 10.1. The van der Waals surface area contributed by atoms with Crippen molar-refractivity contribution in [1.82, 2.24) is 9.88 Å². The number of carbonyl (C=O) groups is 1. The Kier molecular flexibility index (Phi) is 6.13. The molecule has 0 fully saturated rings. The average molecular weight is 404 g/mol. The summed E-state index contributed by atoms with van der Waals surface area (Å²) in [6, 6.07) is 19.2. The second-order valence-electron chi connectivity index (χ2n) is 7.10. The van der Waals surface area contributed by atoms with Crippen molar-refractivity contribution in [2.45, 2.75) is 19.4 Å². The first-order valence-corrected chi connectivity index (χ1v) is 9.90. The van der Waals surface area contributed by atoms with E-state index in [4.69, 9.17) is 14.2 Å².